The molecule has 0 amide bonds. The lowest BCUT2D eigenvalue weighted by Crippen LogP contribution is -2.10. The lowest BCUT2D eigenvalue weighted by molar-refractivity contribution is -0.134. The Kier molecular flexibility index (Phi) is 5.66. The number of rotatable bonds is 6. The topological polar surface area (TPSA) is 75.5 Å². The third-order valence-corrected chi connectivity index (χ3v) is 4.88. The molecule has 0 radical (unpaired) electrons. The smallest absolute Gasteiger partial charge is 0.358 e. The Balaban J connectivity index is 1.77. The van der Waals surface area contributed by atoms with E-state index in [1.54, 1.807) is 24.1 Å². The first kappa shape index (κ1) is 20.2. The molecule has 0 unspecified atom stereocenters. The SMILES string of the molecule is COC=C(C(=O)OC)n1ccc2ccc(-c3nccc(-c4ccc(OC)cc4)n3)cc21. The van der Waals surface area contributed by atoms with Gasteiger partial charge >= 0.3 is 5.97 Å². The summed E-state index contributed by atoms with van der Waals surface area (Å²) in [5.41, 5.74) is 3.67. The van der Waals surface area contributed by atoms with E-state index in [1.165, 1.54) is 20.5 Å². The number of hydrogen-bond donors (Lipinski definition) is 0. The van der Waals surface area contributed by atoms with E-state index in [-0.39, 0.29) is 5.70 Å². The molecule has 0 bridgehead atoms. The Morgan fingerprint density at radius 1 is 0.968 bits per heavy atom. The quantitative estimate of drug-likeness (QED) is 0.264. The molecular formula is C24H21N3O4. The summed E-state index contributed by atoms with van der Waals surface area (Å²) in [6.07, 6.45) is 4.89. The van der Waals surface area contributed by atoms with E-state index in [4.69, 9.17) is 19.2 Å². The molecule has 156 valence electrons. The molecule has 7 nitrogen and oxygen atoms in total. The highest BCUT2D eigenvalue weighted by Crippen LogP contribution is 2.27. The van der Waals surface area contributed by atoms with Crippen molar-refractivity contribution in [3.8, 4) is 28.4 Å². The van der Waals surface area contributed by atoms with Gasteiger partial charge < -0.3 is 18.8 Å². The van der Waals surface area contributed by atoms with Crippen molar-refractivity contribution in [2.75, 3.05) is 21.3 Å². The number of carbonyl (C=O) groups is 1. The van der Waals surface area contributed by atoms with Crippen LogP contribution in [0.5, 0.6) is 5.75 Å². The molecule has 0 saturated heterocycles. The van der Waals surface area contributed by atoms with E-state index in [1.807, 2.05) is 54.6 Å². The van der Waals surface area contributed by atoms with Crippen LogP contribution >= 0.6 is 0 Å². The Morgan fingerprint density at radius 3 is 2.45 bits per heavy atom. The number of carbonyl (C=O) groups excluding carboxylic acids is 1. The summed E-state index contributed by atoms with van der Waals surface area (Å²) < 4.78 is 16.9. The fourth-order valence-electron chi connectivity index (χ4n) is 3.32. The maximum absolute atomic E-state index is 12.2. The minimum absolute atomic E-state index is 0.269. The molecule has 0 N–H and O–H groups in total. The van der Waals surface area contributed by atoms with Crippen molar-refractivity contribution in [3.05, 3.63) is 73.3 Å². The fourth-order valence-corrected chi connectivity index (χ4v) is 3.32. The second-order valence-corrected chi connectivity index (χ2v) is 6.68. The zero-order chi connectivity index (χ0) is 21.8. The number of fused-ring (bicyclic) bond motifs is 1. The fraction of sp³-hybridized carbons (Fsp3) is 0.125. The number of aromatic nitrogens is 3. The molecule has 31 heavy (non-hydrogen) atoms. The van der Waals surface area contributed by atoms with E-state index < -0.39 is 5.97 Å². The third-order valence-electron chi connectivity index (χ3n) is 4.88. The van der Waals surface area contributed by atoms with Gasteiger partial charge in [0.1, 0.15) is 12.0 Å². The maximum atomic E-state index is 12.2. The molecule has 4 rings (SSSR count). The van der Waals surface area contributed by atoms with E-state index in [0.29, 0.717) is 5.82 Å². The first-order chi connectivity index (χ1) is 15.1. The summed E-state index contributed by atoms with van der Waals surface area (Å²) in [5, 5.41) is 0.959. The molecule has 0 fully saturated rings. The summed E-state index contributed by atoms with van der Waals surface area (Å²) in [6.45, 7) is 0. The summed E-state index contributed by atoms with van der Waals surface area (Å²) >= 11 is 0. The highest BCUT2D eigenvalue weighted by molar-refractivity contribution is 6.11. The lowest BCUT2D eigenvalue weighted by Gasteiger charge is -2.10. The molecule has 2 aromatic heterocycles. The maximum Gasteiger partial charge on any atom is 0.358 e. The molecule has 0 aliphatic heterocycles. The number of hydrogen-bond acceptors (Lipinski definition) is 6. The first-order valence-electron chi connectivity index (χ1n) is 9.55. The van der Waals surface area contributed by atoms with Crippen molar-refractivity contribution in [2.45, 2.75) is 0 Å². The summed E-state index contributed by atoms with van der Waals surface area (Å²) in [5.74, 6) is 0.871. The van der Waals surface area contributed by atoms with Crippen LogP contribution in [0.3, 0.4) is 0 Å². The van der Waals surface area contributed by atoms with Crippen molar-refractivity contribution in [1.82, 2.24) is 14.5 Å². The number of esters is 1. The average molecular weight is 415 g/mol. The van der Waals surface area contributed by atoms with Gasteiger partial charge in [0.2, 0.25) is 0 Å². The van der Waals surface area contributed by atoms with Gasteiger partial charge in [-0.3, -0.25) is 0 Å². The van der Waals surface area contributed by atoms with E-state index in [2.05, 4.69) is 4.98 Å². The highest BCUT2D eigenvalue weighted by Gasteiger charge is 2.16. The highest BCUT2D eigenvalue weighted by atomic mass is 16.5. The zero-order valence-electron chi connectivity index (χ0n) is 17.4. The van der Waals surface area contributed by atoms with E-state index in [0.717, 1.165) is 33.5 Å². The van der Waals surface area contributed by atoms with Crippen LogP contribution in [0.1, 0.15) is 0 Å². The van der Waals surface area contributed by atoms with Gasteiger partial charge in [-0.25, -0.2) is 14.8 Å². The Hall–Kier alpha value is -4.13. The van der Waals surface area contributed by atoms with Crippen molar-refractivity contribution < 1.29 is 19.0 Å². The normalized spacial score (nSPS) is 11.4. The number of ether oxygens (including phenoxy) is 3. The molecule has 0 saturated carbocycles. The van der Waals surface area contributed by atoms with Gasteiger partial charge in [-0.1, -0.05) is 12.1 Å². The zero-order valence-corrected chi connectivity index (χ0v) is 17.4. The van der Waals surface area contributed by atoms with Crippen LogP contribution in [0, 0.1) is 0 Å². The van der Waals surface area contributed by atoms with Gasteiger partial charge in [-0.15, -0.1) is 0 Å². The van der Waals surface area contributed by atoms with Crippen molar-refractivity contribution >= 4 is 22.6 Å². The predicted molar refractivity (Wildman–Crippen MR) is 118 cm³/mol. The molecule has 0 spiro atoms. The molecule has 2 heterocycles. The average Bonchev–Trinajstić information content (AvgIpc) is 3.25. The van der Waals surface area contributed by atoms with Crippen molar-refractivity contribution in [3.63, 3.8) is 0 Å². The molecule has 0 atom stereocenters. The van der Waals surface area contributed by atoms with Crippen LogP contribution in [-0.2, 0) is 14.3 Å². The van der Waals surface area contributed by atoms with Crippen LogP contribution < -0.4 is 4.74 Å². The Labute approximate surface area is 179 Å². The summed E-state index contributed by atoms with van der Waals surface area (Å²) in [4.78, 5) is 21.4. The van der Waals surface area contributed by atoms with Crippen LogP contribution in [0.15, 0.2) is 73.3 Å². The minimum atomic E-state index is -0.498. The van der Waals surface area contributed by atoms with Crippen LogP contribution in [-0.4, -0.2) is 41.8 Å². The van der Waals surface area contributed by atoms with Gasteiger partial charge in [-0.05, 0) is 47.9 Å². The van der Waals surface area contributed by atoms with Gasteiger partial charge in [0.05, 0.1) is 32.5 Å². The first-order valence-corrected chi connectivity index (χ1v) is 9.55. The van der Waals surface area contributed by atoms with Gasteiger partial charge in [0.25, 0.3) is 0 Å². The molecule has 0 aliphatic rings. The van der Waals surface area contributed by atoms with Crippen LogP contribution in [0.4, 0.5) is 0 Å². The summed E-state index contributed by atoms with van der Waals surface area (Å²) in [6, 6.07) is 17.3. The van der Waals surface area contributed by atoms with Crippen molar-refractivity contribution in [1.29, 1.82) is 0 Å². The number of nitrogens with zero attached hydrogens (tertiary/aromatic N) is 3. The molecular weight excluding hydrogens is 394 g/mol. The van der Waals surface area contributed by atoms with Crippen LogP contribution in [0.25, 0.3) is 39.2 Å². The monoisotopic (exact) mass is 415 g/mol. The van der Waals surface area contributed by atoms with Gasteiger partial charge in [0.15, 0.2) is 11.5 Å². The van der Waals surface area contributed by atoms with Crippen LogP contribution in [0.2, 0.25) is 0 Å². The van der Waals surface area contributed by atoms with Crippen molar-refractivity contribution in [2.24, 2.45) is 0 Å². The van der Waals surface area contributed by atoms with Gasteiger partial charge in [-0.2, -0.15) is 0 Å². The molecule has 0 aliphatic carbocycles. The summed E-state index contributed by atoms with van der Waals surface area (Å²) in [7, 11) is 4.46. The van der Waals surface area contributed by atoms with E-state index in [9.17, 15) is 4.79 Å². The van der Waals surface area contributed by atoms with E-state index >= 15 is 0 Å². The molecule has 7 heteroatoms. The largest absolute Gasteiger partial charge is 0.502 e. The predicted octanol–water partition coefficient (Wildman–Crippen LogP) is 4.39. The van der Waals surface area contributed by atoms with Gasteiger partial charge in [0, 0.05) is 23.5 Å². The second kappa shape index (κ2) is 8.71. The third kappa shape index (κ3) is 3.98. The Bertz CT molecular complexity index is 1260. The second-order valence-electron chi connectivity index (χ2n) is 6.68. The number of methoxy groups -OCH3 is 3. The minimum Gasteiger partial charge on any atom is -0.502 e. The molecule has 4 aromatic rings. The molecule has 2 aromatic carbocycles. The Morgan fingerprint density at radius 2 is 1.74 bits per heavy atom. The number of benzene rings is 2. The lowest BCUT2D eigenvalue weighted by atomic mass is 10.1. The standard InChI is InChI=1S/C24H21N3O4/c1-29-15-22(24(28)31-3)27-13-11-17-4-5-18(14-21(17)27)23-25-12-10-20(26-23)16-6-8-19(30-2)9-7-16/h4-15H,1-3H3.